The summed E-state index contributed by atoms with van der Waals surface area (Å²) in [5.74, 6) is -0.144. The molecule has 1 unspecified atom stereocenters. The topological polar surface area (TPSA) is 97.5 Å². The van der Waals surface area contributed by atoms with E-state index < -0.39 is 18.7 Å². The number of carbonyl (C=O) groups is 1. The van der Waals surface area contributed by atoms with Crippen molar-refractivity contribution in [3.8, 4) is 11.4 Å². The van der Waals surface area contributed by atoms with E-state index in [1.807, 2.05) is 30.3 Å². The quantitative estimate of drug-likeness (QED) is 0.704. The molecular formula is C18H16FN3O4. The molecule has 1 heterocycles. The molecule has 1 atom stereocenters. The molecule has 8 heteroatoms. The highest BCUT2D eigenvalue weighted by Gasteiger charge is 2.21. The zero-order valence-electron chi connectivity index (χ0n) is 13.6. The molecule has 0 fully saturated rings. The number of amides is 1. The maximum atomic E-state index is 13.0. The minimum Gasteiger partial charge on any atom is -0.445 e. The van der Waals surface area contributed by atoms with Crippen molar-refractivity contribution in [2.24, 2.45) is 0 Å². The Morgan fingerprint density at radius 2 is 1.92 bits per heavy atom. The standard InChI is InChI=1S/C18H16FN3O4/c19-14-8-6-13(7-9-14)16-21-17(26-22-16)15(10-23)20-18(24)25-11-12-4-2-1-3-5-12/h1-9,15,23H,10-11H2,(H,20,24). The molecular weight excluding hydrogens is 341 g/mol. The molecule has 0 aliphatic rings. The van der Waals surface area contributed by atoms with Crippen LogP contribution in [0, 0.1) is 5.82 Å². The van der Waals surface area contributed by atoms with Crippen molar-refractivity contribution in [3.05, 3.63) is 71.9 Å². The lowest BCUT2D eigenvalue weighted by atomic mass is 10.2. The molecule has 134 valence electrons. The largest absolute Gasteiger partial charge is 0.445 e. The van der Waals surface area contributed by atoms with E-state index >= 15 is 0 Å². The molecule has 1 amide bonds. The minimum atomic E-state index is -0.917. The molecule has 2 N–H and O–H groups in total. The number of nitrogens with zero attached hydrogens (tertiary/aromatic N) is 2. The number of nitrogens with one attached hydrogen (secondary N) is 1. The van der Waals surface area contributed by atoms with Gasteiger partial charge in [-0.05, 0) is 29.8 Å². The Morgan fingerprint density at radius 3 is 2.62 bits per heavy atom. The first-order chi connectivity index (χ1) is 12.7. The predicted octanol–water partition coefficient (Wildman–Crippen LogP) is 2.84. The molecule has 26 heavy (non-hydrogen) atoms. The zero-order valence-corrected chi connectivity index (χ0v) is 13.6. The molecule has 3 aromatic rings. The van der Waals surface area contributed by atoms with E-state index in [-0.39, 0.29) is 24.1 Å². The van der Waals surface area contributed by atoms with Crippen molar-refractivity contribution in [3.63, 3.8) is 0 Å². The summed E-state index contributed by atoms with van der Waals surface area (Å²) in [7, 11) is 0. The Bertz CT molecular complexity index is 852. The van der Waals surface area contributed by atoms with Gasteiger partial charge in [0.25, 0.3) is 5.89 Å². The van der Waals surface area contributed by atoms with Crippen molar-refractivity contribution in [2.45, 2.75) is 12.6 Å². The highest BCUT2D eigenvalue weighted by molar-refractivity contribution is 5.67. The fraction of sp³-hybridized carbons (Fsp3) is 0.167. The van der Waals surface area contributed by atoms with Gasteiger partial charge in [0.1, 0.15) is 18.5 Å². The number of carbonyl (C=O) groups excluding carboxylic acids is 1. The SMILES string of the molecule is O=C(NC(CO)c1nc(-c2ccc(F)cc2)no1)OCc1ccccc1. The van der Waals surface area contributed by atoms with Gasteiger partial charge in [0.05, 0.1) is 6.61 Å². The van der Waals surface area contributed by atoms with E-state index in [2.05, 4.69) is 15.5 Å². The van der Waals surface area contributed by atoms with Crippen LogP contribution >= 0.6 is 0 Å². The van der Waals surface area contributed by atoms with Crippen molar-refractivity contribution in [1.29, 1.82) is 0 Å². The number of aliphatic hydroxyl groups is 1. The summed E-state index contributed by atoms with van der Waals surface area (Å²) in [5.41, 5.74) is 1.38. The van der Waals surface area contributed by atoms with E-state index in [9.17, 15) is 14.3 Å². The first-order valence-electron chi connectivity index (χ1n) is 7.83. The number of hydrogen-bond donors (Lipinski definition) is 2. The number of aliphatic hydroxyl groups excluding tert-OH is 1. The second kappa shape index (κ2) is 8.21. The summed E-state index contributed by atoms with van der Waals surface area (Å²) in [5, 5.41) is 15.7. The fourth-order valence-corrected chi connectivity index (χ4v) is 2.19. The Kier molecular flexibility index (Phi) is 5.55. The molecule has 0 aliphatic heterocycles. The molecule has 2 aromatic carbocycles. The Hall–Kier alpha value is -3.26. The first kappa shape index (κ1) is 17.6. The number of ether oxygens (including phenoxy) is 1. The van der Waals surface area contributed by atoms with E-state index in [4.69, 9.17) is 9.26 Å². The van der Waals surface area contributed by atoms with Gasteiger partial charge in [-0.15, -0.1) is 0 Å². The number of aromatic nitrogens is 2. The fourth-order valence-electron chi connectivity index (χ4n) is 2.19. The van der Waals surface area contributed by atoms with Crippen LogP contribution in [0.4, 0.5) is 9.18 Å². The highest BCUT2D eigenvalue weighted by Crippen LogP contribution is 2.19. The van der Waals surface area contributed by atoms with Gasteiger partial charge in [-0.1, -0.05) is 35.5 Å². The molecule has 0 bridgehead atoms. The van der Waals surface area contributed by atoms with Gasteiger partial charge in [-0.2, -0.15) is 4.98 Å². The minimum absolute atomic E-state index is 0.0171. The maximum absolute atomic E-state index is 13.0. The second-order valence-electron chi connectivity index (χ2n) is 5.40. The van der Waals surface area contributed by atoms with Crippen LogP contribution in [0.25, 0.3) is 11.4 Å². The summed E-state index contributed by atoms with van der Waals surface area (Å²) < 4.78 is 23.1. The monoisotopic (exact) mass is 357 g/mol. The van der Waals surface area contributed by atoms with Crippen molar-refractivity contribution in [2.75, 3.05) is 6.61 Å². The second-order valence-corrected chi connectivity index (χ2v) is 5.40. The summed E-state index contributed by atoms with van der Waals surface area (Å²) in [4.78, 5) is 16.0. The van der Waals surface area contributed by atoms with E-state index in [0.717, 1.165) is 5.56 Å². The smallest absolute Gasteiger partial charge is 0.408 e. The van der Waals surface area contributed by atoms with Crippen molar-refractivity contribution in [1.82, 2.24) is 15.5 Å². The third-order valence-electron chi connectivity index (χ3n) is 3.53. The molecule has 0 spiro atoms. The van der Waals surface area contributed by atoms with Crippen LogP contribution in [0.5, 0.6) is 0 Å². The summed E-state index contributed by atoms with van der Waals surface area (Å²) >= 11 is 0. The van der Waals surface area contributed by atoms with Crippen LogP contribution in [0.1, 0.15) is 17.5 Å². The Labute approximate surface area is 148 Å². The van der Waals surface area contributed by atoms with Crippen molar-refractivity contribution >= 4 is 6.09 Å². The average molecular weight is 357 g/mol. The molecule has 0 aliphatic carbocycles. The van der Waals surface area contributed by atoms with Crippen molar-refractivity contribution < 1.29 is 23.6 Å². The van der Waals surface area contributed by atoms with Crippen LogP contribution in [0.3, 0.4) is 0 Å². The molecule has 0 saturated heterocycles. The molecule has 7 nitrogen and oxygen atoms in total. The van der Waals surface area contributed by atoms with E-state index in [1.165, 1.54) is 24.3 Å². The van der Waals surface area contributed by atoms with Crippen LogP contribution in [-0.4, -0.2) is 27.9 Å². The van der Waals surface area contributed by atoms with Gasteiger partial charge in [-0.25, -0.2) is 9.18 Å². The number of rotatable bonds is 6. The third-order valence-corrected chi connectivity index (χ3v) is 3.53. The average Bonchev–Trinajstić information content (AvgIpc) is 3.16. The number of halogens is 1. The summed E-state index contributed by atoms with van der Waals surface area (Å²) in [6.07, 6.45) is -0.727. The molecule has 0 radical (unpaired) electrons. The zero-order chi connectivity index (χ0) is 18.4. The Balaban J connectivity index is 1.61. The highest BCUT2D eigenvalue weighted by atomic mass is 19.1. The third kappa shape index (κ3) is 4.42. The van der Waals surface area contributed by atoms with Gasteiger partial charge in [0.2, 0.25) is 5.82 Å². The van der Waals surface area contributed by atoms with Gasteiger partial charge in [0, 0.05) is 5.56 Å². The Morgan fingerprint density at radius 1 is 1.19 bits per heavy atom. The summed E-state index contributed by atoms with van der Waals surface area (Å²) in [6.45, 7) is -0.360. The van der Waals surface area contributed by atoms with Crippen LogP contribution in [0.2, 0.25) is 0 Å². The lowest BCUT2D eigenvalue weighted by Gasteiger charge is -2.12. The maximum Gasteiger partial charge on any atom is 0.408 e. The van der Waals surface area contributed by atoms with Gasteiger partial charge < -0.3 is 19.7 Å². The van der Waals surface area contributed by atoms with Crippen LogP contribution < -0.4 is 5.32 Å². The molecule has 1 aromatic heterocycles. The number of hydrogen-bond acceptors (Lipinski definition) is 6. The van der Waals surface area contributed by atoms with E-state index in [1.54, 1.807) is 0 Å². The normalized spacial score (nSPS) is 11.8. The number of alkyl carbamates (subject to hydrolysis) is 1. The molecule has 0 saturated carbocycles. The van der Waals surface area contributed by atoms with Crippen LogP contribution in [-0.2, 0) is 11.3 Å². The van der Waals surface area contributed by atoms with Crippen LogP contribution in [0.15, 0.2) is 59.1 Å². The predicted molar refractivity (Wildman–Crippen MR) is 89.3 cm³/mol. The van der Waals surface area contributed by atoms with Gasteiger partial charge in [0.15, 0.2) is 0 Å². The lowest BCUT2D eigenvalue weighted by Crippen LogP contribution is -2.31. The van der Waals surface area contributed by atoms with Gasteiger partial charge in [-0.3, -0.25) is 0 Å². The number of benzene rings is 2. The lowest BCUT2D eigenvalue weighted by molar-refractivity contribution is 0.124. The molecule has 3 rings (SSSR count). The van der Waals surface area contributed by atoms with E-state index in [0.29, 0.717) is 5.56 Å². The first-order valence-corrected chi connectivity index (χ1v) is 7.83. The summed E-state index contributed by atoms with van der Waals surface area (Å²) in [6, 6.07) is 13.8. The van der Waals surface area contributed by atoms with Gasteiger partial charge >= 0.3 is 6.09 Å².